The predicted octanol–water partition coefficient (Wildman–Crippen LogP) is 0.497. The third-order valence-corrected chi connectivity index (χ3v) is 1.83. The molecule has 0 aliphatic heterocycles. The minimum Gasteiger partial charge on any atom is -0.468 e. The van der Waals surface area contributed by atoms with Gasteiger partial charge in [0, 0.05) is 0 Å². The minimum absolute atomic E-state index is 0.0736. The highest BCUT2D eigenvalue weighted by molar-refractivity contribution is 5.77. The van der Waals surface area contributed by atoms with E-state index in [-0.39, 0.29) is 12.4 Å². The lowest BCUT2D eigenvalue weighted by molar-refractivity contribution is -0.142. The standard InChI is InChI=1S/C10H18FN3O2/c1-7(12)14-6-8(11)4-3-5-9(13)10(15)16-2/h4,9H,3,5-6,13H2,1-2H3,(H2,12,14)/b8-4-/t9-/m0/s1. The Labute approximate surface area is 94.3 Å². The van der Waals surface area contributed by atoms with Crippen molar-refractivity contribution in [2.75, 3.05) is 13.7 Å². The van der Waals surface area contributed by atoms with Crippen molar-refractivity contribution >= 4 is 11.8 Å². The van der Waals surface area contributed by atoms with Crippen LogP contribution < -0.4 is 11.5 Å². The Bertz CT molecular complexity index is 286. The van der Waals surface area contributed by atoms with Crippen LogP contribution in [0.5, 0.6) is 0 Å². The fourth-order valence-corrected chi connectivity index (χ4v) is 0.954. The number of ether oxygens (including phenoxy) is 1. The Kier molecular flexibility index (Phi) is 7.11. The number of rotatable bonds is 6. The molecule has 92 valence electrons. The van der Waals surface area contributed by atoms with Crippen LogP contribution in [0.15, 0.2) is 16.9 Å². The van der Waals surface area contributed by atoms with Gasteiger partial charge in [0.25, 0.3) is 0 Å². The molecule has 0 spiro atoms. The summed E-state index contributed by atoms with van der Waals surface area (Å²) in [5.41, 5.74) is 10.7. The molecule has 6 heteroatoms. The smallest absolute Gasteiger partial charge is 0.322 e. The van der Waals surface area contributed by atoms with E-state index in [1.54, 1.807) is 6.92 Å². The van der Waals surface area contributed by atoms with Gasteiger partial charge < -0.3 is 16.2 Å². The minimum atomic E-state index is -0.714. The second kappa shape index (κ2) is 7.81. The summed E-state index contributed by atoms with van der Waals surface area (Å²) < 4.78 is 17.5. The Hall–Kier alpha value is -1.43. The van der Waals surface area contributed by atoms with Crippen molar-refractivity contribution in [3.8, 4) is 0 Å². The number of carbonyl (C=O) groups excluding carboxylic acids is 1. The molecule has 0 heterocycles. The van der Waals surface area contributed by atoms with E-state index >= 15 is 0 Å². The summed E-state index contributed by atoms with van der Waals surface area (Å²) in [6.07, 6.45) is 2.04. The third-order valence-electron chi connectivity index (χ3n) is 1.83. The van der Waals surface area contributed by atoms with Crippen LogP contribution in [0.4, 0.5) is 4.39 Å². The molecule has 1 atom stereocenters. The lowest BCUT2D eigenvalue weighted by Crippen LogP contribution is -2.31. The topological polar surface area (TPSA) is 90.7 Å². The Morgan fingerprint density at radius 2 is 2.25 bits per heavy atom. The monoisotopic (exact) mass is 231 g/mol. The zero-order valence-corrected chi connectivity index (χ0v) is 9.57. The fraction of sp³-hybridized carbons (Fsp3) is 0.600. The van der Waals surface area contributed by atoms with Gasteiger partial charge in [-0.2, -0.15) is 0 Å². The Morgan fingerprint density at radius 1 is 1.62 bits per heavy atom. The summed E-state index contributed by atoms with van der Waals surface area (Å²) in [4.78, 5) is 14.6. The quantitative estimate of drug-likeness (QED) is 0.395. The maximum absolute atomic E-state index is 13.0. The van der Waals surface area contributed by atoms with E-state index in [4.69, 9.17) is 11.5 Å². The molecule has 0 amide bonds. The van der Waals surface area contributed by atoms with Crippen LogP contribution in [-0.2, 0) is 9.53 Å². The van der Waals surface area contributed by atoms with E-state index in [9.17, 15) is 9.18 Å². The van der Waals surface area contributed by atoms with E-state index in [0.717, 1.165) is 0 Å². The van der Waals surface area contributed by atoms with Gasteiger partial charge >= 0.3 is 5.97 Å². The first-order chi connectivity index (χ1) is 7.47. The van der Waals surface area contributed by atoms with Gasteiger partial charge in [-0.05, 0) is 19.8 Å². The van der Waals surface area contributed by atoms with Gasteiger partial charge in [0.05, 0.1) is 19.5 Å². The molecule has 5 nitrogen and oxygen atoms in total. The molecule has 0 aromatic carbocycles. The van der Waals surface area contributed by atoms with Crippen LogP contribution in [0.2, 0.25) is 0 Å². The number of esters is 1. The number of allylic oxidation sites excluding steroid dienone is 1. The largest absolute Gasteiger partial charge is 0.468 e. The van der Waals surface area contributed by atoms with E-state index in [0.29, 0.717) is 18.7 Å². The van der Waals surface area contributed by atoms with Crippen molar-refractivity contribution in [2.45, 2.75) is 25.8 Å². The number of hydrogen-bond acceptors (Lipinski definition) is 4. The first-order valence-electron chi connectivity index (χ1n) is 4.91. The summed E-state index contributed by atoms with van der Waals surface area (Å²) in [6, 6.07) is -0.714. The molecule has 0 rings (SSSR count). The molecule has 0 saturated carbocycles. The average Bonchev–Trinajstić information content (AvgIpc) is 2.24. The first kappa shape index (κ1) is 14.6. The fourth-order valence-electron chi connectivity index (χ4n) is 0.954. The molecular weight excluding hydrogens is 213 g/mol. The Morgan fingerprint density at radius 3 is 2.75 bits per heavy atom. The molecule has 0 aromatic heterocycles. The van der Waals surface area contributed by atoms with Gasteiger partial charge in [0.1, 0.15) is 11.9 Å². The van der Waals surface area contributed by atoms with Crippen molar-refractivity contribution in [3.63, 3.8) is 0 Å². The zero-order valence-electron chi connectivity index (χ0n) is 9.57. The van der Waals surface area contributed by atoms with E-state index in [2.05, 4.69) is 9.73 Å². The van der Waals surface area contributed by atoms with Crippen molar-refractivity contribution in [1.82, 2.24) is 0 Å². The molecule has 0 saturated heterocycles. The Balaban J connectivity index is 3.91. The number of amidine groups is 1. The predicted molar refractivity (Wildman–Crippen MR) is 60.6 cm³/mol. The van der Waals surface area contributed by atoms with Gasteiger partial charge in [0.15, 0.2) is 0 Å². The molecule has 0 unspecified atom stereocenters. The SMILES string of the molecule is COC(=O)[C@@H](N)CC/C=C(\F)CN=C(C)N. The number of nitrogens with two attached hydrogens (primary N) is 2. The van der Waals surface area contributed by atoms with Crippen LogP contribution >= 0.6 is 0 Å². The van der Waals surface area contributed by atoms with Crippen LogP contribution in [0.1, 0.15) is 19.8 Å². The third kappa shape index (κ3) is 6.94. The molecule has 0 fully saturated rings. The number of methoxy groups -OCH3 is 1. The molecule has 0 bridgehead atoms. The highest BCUT2D eigenvalue weighted by atomic mass is 19.1. The summed E-state index contributed by atoms with van der Waals surface area (Å²) in [5, 5.41) is 0. The second-order valence-electron chi connectivity index (χ2n) is 3.32. The van der Waals surface area contributed by atoms with E-state index < -0.39 is 12.0 Å². The van der Waals surface area contributed by atoms with Gasteiger partial charge in [0.2, 0.25) is 0 Å². The highest BCUT2D eigenvalue weighted by Gasteiger charge is 2.11. The van der Waals surface area contributed by atoms with Crippen LogP contribution in [0.25, 0.3) is 0 Å². The summed E-state index contributed by atoms with van der Waals surface area (Å²) in [5.74, 6) is -0.554. The summed E-state index contributed by atoms with van der Waals surface area (Å²) in [6.45, 7) is 1.51. The average molecular weight is 231 g/mol. The number of aliphatic imine (C=N–C) groups is 1. The second-order valence-corrected chi connectivity index (χ2v) is 3.32. The van der Waals surface area contributed by atoms with Crippen molar-refractivity contribution in [1.29, 1.82) is 0 Å². The maximum atomic E-state index is 13.0. The van der Waals surface area contributed by atoms with E-state index in [1.165, 1.54) is 13.2 Å². The lowest BCUT2D eigenvalue weighted by atomic mass is 10.1. The summed E-state index contributed by atoms with van der Waals surface area (Å²) >= 11 is 0. The van der Waals surface area contributed by atoms with Crippen LogP contribution in [-0.4, -0.2) is 31.5 Å². The van der Waals surface area contributed by atoms with Gasteiger partial charge in [-0.3, -0.25) is 9.79 Å². The molecular formula is C10H18FN3O2. The lowest BCUT2D eigenvalue weighted by Gasteiger charge is -2.06. The van der Waals surface area contributed by atoms with Gasteiger partial charge in [-0.25, -0.2) is 4.39 Å². The number of nitrogens with zero attached hydrogens (tertiary/aromatic N) is 1. The highest BCUT2D eigenvalue weighted by Crippen LogP contribution is 2.04. The van der Waals surface area contributed by atoms with Gasteiger partial charge in [-0.1, -0.05) is 6.08 Å². The van der Waals surface area contributed by atoms with Crippen molar-refractivity contribution in [3.05, 3.63) is 11.9 Å². The van der Waals surface area contributed by atoms with Crippen molar-refractivity contribution in [2.24, 2.45) is 16.5 Å². The first-order valence-corrected chi connectivity index (χ1v) is 4.91. The van der Waals surface area contributed by atoms with Gasteiger partial charge in [-0.15, -0.1) is 0 Å². The van der Waals surface area contributed by atoms with E-state index in [1.807, 2.05) is 0 Å². The molecule has 0 aliphatic rings. The molecule has 4 N–H and O–H groups in total. The molecule has 0 aliphatic carbocycles. The number of hydrogen-bond donors (Lipinski definition) is 2. The number of carbonyl (C=O) groups is 1. The molecule has 16 heavy (non-hydrogen) atoms. The van der Waals surface area contributed by atoms with Crippen LogP contribution in [0.3, 0.4) is 0 Å². The molecule has 0 aromatic rings. The van der Waals surface area contributed by atoms with Crippen LogP contribution in [0, 0.1) is 0 Å². The maximum Gasteiger partial charge on any atom is 0.322 e. The summed E-state index contributed by atoms with van der Waals surface area (Å²) in [7, 11) is 1.26. The molecule has 0 radical (unpaired) electrons. The number of halogens is 1. The van der Waals surface area contributed by atoms with Crippen molar-refractivity contribution < 1.29 is 13.9 Å². The normalized spacial score (nSPS) is 14.8. The zero-order chi connectivity index (χ0) is 12.6.